The molecule has 5 aliphatic rings. The molecule has 15 rings (SSSR count). The van der Waals surface area contributed by atoms with Gasteiger partial charge in [-0.2, -0.15) is 64.8 Å². The van der Waals surface area contributed by atoms with Crippen LogP contribution in [0.1, 0.15) is 96.3 Å². The Kier molecular flexibility index (Phi) is 22.2. The largest absolute Gasteiger partial charge is 0.424 e. The van der Waals surface area contributed by atoms with E-state index >= 15 is 0 Å². The monoisotopic (exact) mass is 1570 g/mol. The van der Waals surface area contributed by atoms with Crippen LogP contribution in [0.5, 0.6) is 11.8 Å². The standard InChI is InChI=1S/C25H22F3N7O2.C24H28F3N7OS.C23H23F4N7OS.8H2/c1-15-13-21(34-33-15)30-20-14-22(35-11-4-12-35)32-24(31-20)37-17-9-7-16(8-10-17)29-23(36)18-5-2-3-6-19(18)25(26,27)28;1-3-18(24(25,26)27)28-16-6-8-17(9-7-16)36-22-30-19(29-20-10-14(2)32-33-20)11-21(31-22)34-12-23(35,13-34)15-4-5-15;1-13-8-18(33-32-13)29-17-9-19(34-11-22(24,12-34)14-2-3-14)31-21(30-17)36-16-6-4-15(5-7-16)28-20(35)10-23(25,26)27;;;;;;;;/h2-3,5-10,13-14H,4,11-12H2,1H3,(H,29,36)(H2,30,31,32,33,34);6-11,15,18,28,35H,3-5,12-13H2,1-2H3,(H2,29,30,31,32,33);4-9,14H,2-3,10-12H2,1H3,(H,28,35)(H2,29,30,31,32,33);8*1H. The van der Waals surface area contributed by atoms with E-state index in [0.717, 1.165) is 79.3 Å². The molecule has 10 aromatic rings. The van der Waals surface area contributed by atoms with E-state index in [2.05, 4.69) is 92.3 Å². The van der Waals surface area contributed by atoms with Crippen LogP contribution in [0.15, 0.2) is 154 Å². The highest BCUT2D eigenvalue weighted by molar-refractivity contribution is 7.99. The predicted molar refractivity (Wildman–Crippen MR) is 408 cm³/mol. The van der Waals surface area contributed by atoms with E-state index in [4.69, 9.17) is 9.72 Å². The molecular formula is C72H89F10N21O4S2. The maximum Gasteiger partial charge on any atom is 0.417 e. The van der Waals surface area contributed by atoms with Crippen molar-refractivity contribution in [3.05, 3.63) is 162 Å². The summed E-state index contributed by atoms with van der Waals surface area (Å²) in [6.07, 6.45) is -10.1. The summed E-state index contributed by atoms with van der Waals surface area (Å²) in [4.78, 5) is 58.9. The molecule has 2 saturated carbocycles. The quantitative estimate of drug-likeness (QED) is 0.0198. The number of benzene rings is 4. The van der Waals surface area contributed by atoms with Crippen molar-refractivity contribution in [1.29, 1.82) is 0 Å². The number of carbonyl (C=O) groups is 2. The second-order valence-electron chi connectivity index (χ2n) is 27.0. The van der Waals surface area contributed by atoms with Gasteiger partial charge < -0.3 is 56.4 Å². The lowest BCUT2D eigenvalue weighted by atomic mass is 9.89. The van der Waals surface area contributed by atoms with Crippen molar-refractivity contribution in [2.24, 2.45) is 11.8 Å². The number of nitrogens with one attached hydrogen (secondary N) is 9. The molecule has 0 radical (unpaired) electrons. The lowest BCUT2D eigenvalue weighted by Gasteiger charge is -2.47. The number of anilines is 12. The Balaban J connectivity index is 0.000000303. The molecule has 5 fully saturated rings. The number of hydrogen-bond donors (Lipinski definition) is 10. The van der Waals surface area contributed by atoms with Gasteiger partial charge in [0.2, 0.25) is 5.91 Å². The number of halogens is 10. The number of aliphatic hydroxyl groups is 1. The van der Waals surface area contributed by atoms with E-state index in [0.29, 0.717) is 104 Å². The third-order valence-electron chi connectivity index (χ3n) is 18.0. The molecule has 25 nitrogen and oxygen atoms in total. The maximum absolute atomic E-state index is 14.9. The van der Waals surface area contributed by atoms with Crippen molar-refractivity contribution in [2.45, 2.75) is 129 Å². The van der Waals surface area contributed by atoms with Crippen LogP contribution in [0.4, 0.5) is 113 Å². The zero-order valence-electron chi connectivity index (χ0n) is 58.8. The molecule has 10 N–H and O–H groups in total. The second kappa shape index (κ2) is 31.7. The normalized spacial score (nSPS) is 16.0. The molecule has 4 aromatic carbocycles. The zero-order chi connectivity index (χ0) is 77.0. The molecule has 588 valence electrons. The molecule has 109 heavy (non-hydrogen) atoms. The van der Waals surface area contributed by atoms with Gasteiger partial charge in [-0.3, -0.25) is 24.9 Å². The van der Waals surface area contributed by atoms with Crippen molar-refractivity contribution in [3.63, 3.8) is 0 Å². The topological polar surface area (TPSA) is 309 Å². The number of aryl methyl sites for hydroxylation is 3. The van der Waals surface area contributed by atoms with E-state index in [9.17, 15) is 58.6 Å². The maximum atomic E-state index is 14.9. The van der Waals surface area contributed by atoms with Crippen LogP contribution in [-0.4, -0.2) is 146 Å². The number of rotatable bonds is 24. The summed E-state index contributed by atoms with van der Waals surface area (Å²) in [6.45, 7) is 10.5. The number of amides is 2. The Hall–Kier alpha value is -11.0. The number of β-amino-alcohol motifs (C(OH)–C–C–N with tert-alkyl or cyclic N) is 1. The molecule has 0 spiro atoms. The molecule has 3 saturated heterocycles. The number of alkyl halides is 10. The van der Waals surface area contributed by atoms with Crippen LogP contribution in [0.3, 0.4) is 0 Å². The van der Waals surface area contributed by atoms with Gasteiger partial charge in [-0.25, -0.2) is 24.3 Å². The molecule has 3 aliphatic heterocycles. The van der Waals surface area contributed by atoms with Gasteiger partial charge in [-0.15, -0.1) is 0 Å². The third kappa shape index (κ3) is 20.3. The summed E-state index contributed by atoms with van der Waals surface area (Å²) in [6, 6.07) is 33.3. The SMILES string of the molecule is CCC(Nc1ccc(Sc2nc(Nc3cc(C)[nH]n3)cc(N3CC(O)(C4CC4)C3)n2)cc1)C(F)(F)F.Cc1cc(Nc2cc(N3CC(F)(C4CC4)C3)nc(Sc3ccc(NC(=O)CC(F)(F)F)cc3)n2)n[nH]1.Cc1cc(Nc2cc(N3CCC3)nc(Oc3ccc(NC(=O)c4ccccc4C(F)(F)F)cc3)n2)n[nH]1.[HH].[HH].[HH].[HH].[HH].[HH].[HH].[HH]. The van der Waals surface area contributed by atoms with Gasteiger partial charge in [-0.05, 0) is 180 Å². The molecule has 1 atom stereocenters. The van der Waals surface area contributed by atoms with Crippen LogP contribution in [0, 0.1) is 32.6 Å². The molecule has 1 unspecified atom stereocenters. The van der Waals surface area contributed by atoms with Crippen LogP contribution >= 0.6 is 23.5 Å². The summed E-state index contributed by atoms with van der Waals surface area (Å²) >= 11 is 2.55. The summed E-state index contributed by atoms with van der Waals surface area (Å²) in [7, 11) is 0. The number of H-pyrrole nitrogens is 3. The Morgan fingerprint density at radius 1 is 0.578 bits per heavy atom. The summed E-state index contributed by atoms with van der Waals surface area (Å²) in [5.41, 5.74) is 0.346. The van der Waals surface area contributed by atoms with E-state index < -0.39 is 65.2 Å². The van der Waals surface area contributed by atoms with Gasteiger partial charge in [0.25, 0.3) is 5.91 Å². The molecule has 6 aromatic heterocycles. The third-order valence-corrected chi connectivity index (χ3v) is 19.7. The summed E-state index contributed by atoms with van der Waals surface area (Å²) in [5.74, 6) is 4.24. The van der Waals surface area contributed by atoms with Gasteiger partial charge in [0.15, 0.2) is 27.8 Å². The van der Waals surface area contributed by atoms with Gasteiger partial charge in [0.1, 0.15) is 64.4 Å². The average Bonchev–Trinajstić information content (AvgIpc) is 1.65. The van der Waals surface area contributed by atoms with E-state index in [1.54, 1.807) is 54.6 Å². The minimum atomic E-state index is -4.64. The molecule has 0 bridgehead atoms. The van der Waals surface area contributed by atoms with E-state index in [1.165, 1.54) is 66.8 Å². The fourth-order valence-corrected chi connectivity index (χ4v) is 13.5. The fraction of sp³-hybridized carbons (Fsp3) is 0.347. The zero-order valence-corrected chi connectivity index (χ0v) is 60.4. The van der Waals surface area contributed by atoms with E-state index in [1.807, 2.05) is 60.9 Å². The van der Waals surface area contributed by atoms with E-state index in [-0.39, 0.29) is 48.5 Å². The molecule has 37 heteroatoms. The van der Waals surface area contributed by atoms with Gasteiger partial charge in [0, 0.05) is 105 Å². The Bertz CT molecular complexity index is 4870. The minimum absolute atomic E-state index is 0. The number of aromatic amines is 3. The first-order chi connectivity index (χ1) is 51.9. The van der Waals surface area contributed by atoms with Crippen molar-refractivity contribution in [1.82, 2.24) is 60.5 Å². The highest BCUT2D eigenvalue weighted by atomic mass is 32.2. The molecule has 9 heterocycles. The molecule has 2 aliphatic carbocycles. The highest BCUT2D eigenvalue weighted by Gasteiger charge is 2.55. The number of nitrogens with zero attached hydrogens (tertiary/aromatic N) is 12. The van der Waals surface area contributed by atoms with Crippen molar-refractivity contribution >= 4 is 105 Å². The summed E-state index contributed by atoms with van der Waals surface area (Å²) in [5, 5.41) is 49.5. The minimum Gasteiger partial charge on any atom is -0.424 e. The second-order valence-corrected chi connectivity index (χ2v) is 29.0. The van der Waals surface area contributed by atoms with Crippen molar-refractivity contribution in [2.75, 3.05) is 85.9 Å². The van der Waals surface area contributed by atoms with Gasteiger partial charge in [0.05, 0.1) is 37.3 Å². The Labute approximate surface area is 637 Å². The predicted octanol–water partition coefficient (Wildman–Crippen LogP) is 17.8. The Morgan fingerprint density at radius 2 is 1.05 bits per heavy atom. The first-order valence-electron chi connectivity index (χ1n) is 34.6. The first-order valence-corrected chi connectivity index (χ1v) is 36.3. The smallest absolute Gasteiger partial charge is 0.417 e. The number of carbonyl (C=O) groups excluding carboxylic acids is 2. The Morgan fingerprint density at radius 3 is 1.50 bits per heavy atom. The number of aromatic nitrogens is 12. The van der Waals surface area contributed by atoms with Crippen LogP contribution in [0.25, 0.3) is 0 Å². The molecule has 2 amide bonds. The number of hydrogen-bond acceptors (Lipinski definition) is 22. The summed E-state index contributed by atoms with van der Waals surface area (Å²) < 4.78 is 137. The van der Waals surface area contributed by atoms with Crippen LogP contribution < -0.4 is 51.3 Å². The average molecular weight is 1570 g/mol. The highest BCUT2D eigenvalue weighted by Crippen LogP contribution is 2.49. The lowest BCUT2D eigenvalue weighted by molar-refractivity contribution is -0.150. The lowest BCUT2D eigenvalue weighted by Crippen LogP contribution is -2.63. The van der Waals surface area contributed by atoms with Crippen molar-refractivity contribution < 1.29 is 74.7 Å². The first kappa shape index (κ1) is 76.3. The van der Waals surface area contributed by atoms with Crippen LogP contribution in [0.2, 0.25) is 0 Å². The van der Waals surface area contributed by atoms with Crippen LogP contribution in [-0.2, 0) is 11.0 Å². The van der Waals surface area contributed by atoms with Crippen molar-refractivity contribution in [3.8, 4) is 11.8 Å². The fourth-order valence-electron chi connectivity index (χ4n) is 12.0. The van der Waals surface area contributed by atoms with Gasteiger partial charge >= 0.3 is 24.5 Å². The number of ether oxygens (including phenoxy) is 1. The van der Waals surface area contributed by atoms with Gasteiger partial charge in [-0.1, -0.05) is 19.1 Å². The molecular weight excluding hydrogens is 1480 g/mol.